The van der Waals surface area contributed by atoms with Gasteiger partial charge in [-0.1, -0.05) is 48.2 Å². The van der Waals surface area contributed by atoms with Crippen molar-refractivity contribution in [3.63, 3.8) is 0 Å². The predicted octanol–water partition coefficient (Wildman–Crippen LogP) is 3.41. The molecule has 0 N–H and O–H groups in total. The minimum Gasteiger partial charge on any atom is -0.337 e. The van der Waals surface area contributed by atoms with Gasteiger partial charge < -0.3 is 4.90 Å². The predicted molar refractivity (Wildman–Crippen MR) is 111 cm³/mol. The third-order valence-electron chi connectivity index (χ3n) is 5.50. The van der Waals surface area contributed by atoms with Crippen molar-refractivity contribution in [1.82, 2.24) is 14.5 Å². The molecule has 2 aliphatic rings. The van der Waals surface area contributed by atoms with E-state index in [0.29, 0.717) is 28.4 Å². The van der Waals surface area contributed by atoms with Crippen molar-refractivity contribution < 1.29 is 4.79 Å². The monoisotopic (exact) mass is 391 g/mol. The van der Waals surface area contributed by atoms with Crippen LogP contribution in [0.4, 0.5) is 0 Å². The summed E-state index contributed by atoms with van der Waals surface area (Å²) in [6.07, 6.45) is 2.91. The lowest BCUT2D eigenvalue weighted by Gasteiger charge is -2.28. The zero-order chi connectivity index (χ0) is 19.1. The molecule has 0 saturated heterocycles. The minimum atomic E-state index is 0.00921. The van der Waals surface area contributed by atoms with Gasteiger partial charge in [0.15, 0.2) is 5.16 Å². The maximum atomic E-state index is 12.9. The number of hydrogen-bond acceptors (Lipinski definition) is 4. The van der Waals surface area contributed by atoms with Crippen molar-refractivity contribution in [2.24, 2.45) is 0 Å². The number of rotatable bonds is 4. The van der Waals surface area contributed by atoms with Crippen molar-refractivity contribution in [3.05, 3.63) is 70.0 Å². The molecule has 28 heavy (non-hydrogen) atoms. The van der Waals surface area contributed by atoms with E-state index in [1.54, 1.807) is 4.57 Å². The molecule has 1 aliphatic heterocycles. The fourth-order valence-corrected chi connectivity index (χ4v) is 4.78. The Labute approximate surface area is 167 Å². The fourth-order valence-electron chi connectivity index (χ4n) is 3.81. The highest BCUT2D eigenvalue weighted by Crippen LogP contribution is 2.37. The summed E-state index contributed by atoms with van der Waals surface area (Å²) in [6, 6.07) is 16.0. The quantitative estimate of drug-likeness (QED) is 0.505. The Balaban J connectivity index is 1.37. The number of hydrogen-bond donors (Lipinski definition) is 0. The molecular formula is C22H21N3O2S. The van der Waals surface area contributed by atoms with Gasteiger partial charge in [0.25, 0.3) is 5.56 Å². The van der Waals surface area contributed by atoms with Gasteiger partial charge in [0, 0.05) is 19.1 Å². The van der Waals surface area contributed by atoms with Crippen LogP contribution in [0.5, 0.6) is 0 Å². The van der Waals surface area contributed by atoms with Gasteiger partial charge in [-0.05, 0) is 42.5 Å². The number of carbonyl (C=O) groups excluding carboxylic acids is 1. The second kappa shape index (κ2) is 7.09. The molecule has 2 aromatic carbocycles. The van der Waals surface area contributed by atoms with Gasteiger partial charge >= 0.3 is 0 Å². The number of aromatic nitrogens is 2. The summed E-state index contributed by atoms with van der Waals surface area (Å²) < 4.78 is 1.80. The summed E-state index contributed by atoms with van der Waals surface area (Å²) in [5, 5.41) is 1.31. The summed E-state index contributed by atoms with van der Waals surface area (Å²) in [6.45, 7) is 1.41. The topological polar surface area (TPSA) is 55.2 Å². The Morgan fingerprint density at radius 2 is 1.82 bits per heavy atom. The fraction of sp³-hybridized carbons (Fsp3) is 0.318. The van der Waals surface area contributed by atoms with Crippen LogP contribution in [-0.2, 0) is 17.8 Å². The maximum absolute atomic E-state index is 12.9. The molecule has 0 bridgehead atoms. The van der Waals surface area contributed by atoms with E-state index in [2.05, 4.69) is 18.2 Å². The van der Waals surface area contributed by atoms with Gasteiger partial charge in [-0.25, -0.2) is 4.98 Å². The summed E-state index contributed by atoms with van der Waals surface area (Å²) in [7, 11) is 0. The third-order valence-corrected chi connectivity index (χ3v) is 6.43. The van der Waals surface area contributed by atoms with Crippen molar-refractivity contribution in [1.29, 1.82) is 0 Å². The Hall–Kier alpha value is -2.60. The highest BCUT2D eigenvalue weighted by Gasteiger charge is 2.29. The number of fused-ring (bicyclic) bond motifs is 2. The summed E-state index contributed by atoms with van der Waals surface area (Å²) in [4.78, 5) is 32.4. The smallest absolute Gasteiger partial charge is 0.262 e. The normalized spacial score (nSPS) is 16.2. The van der Waals surface area contributed by atoms with E-state index in [1.807, 2.05) is 35.2 Å². The average molecular weight is 391 g/mol. The molecule has 1 saturated carbocycles. The summed E-state index contributed by atoms with van der Waals surface area (Å²) in [5.74, 6) is 0.406. The summed E-state index contributed by atoms with van der Waals surface area (Å²) >= 11 is 1.39. The molecule has 1 aliphatic carbocycles. The van der Waals surface area contributed by atoms with E-state index >= 15 is 0 Å². The van der Waals surface area contributed by atoms with Crippen LogP contribution < -0.4 is 5.56 Å². The number of amides is 1. The molecule has 0 unspecified atom stereocenters. The maximum Gasteiger partial charge on any atom is 0.262 e. The second-order valence-corrected chi connectivity index (χ2v) is 8.38. The van der Waals surface area contributed by atoms with Crippen LogP contribution in [0.1, 0.15) is 30.0 Å². The highest BCUT2D eigenvalue weighted by molar-refractivity contribution is 7.99. The molecule has 142 valence electrons. The molecule has 5 rings (SSSR count). The molecule has 3 aromatic rings. The summed E-state index contributed by atoms with van der Waals surface area (Å²) in [5.41, 5.74) is 3.27. The van der Waals surface area contributed by atoms with E-state index in [-0.39, 0.29) is 17.5 Å². The SMILES string of the molecule is O=C(CSc1nc2ccccc2c(=O)n1C1CC1)N1CCc2ccccc2C1. The Kier molecular flexibility index (Phi) is 4.43. The van der Waals surface area contributed by atoms with Crippen LogP contribution in [0, 0.1) is 0 Å². The number of thioether (sulfide) groups is 1. The number of para-hydroxylation sites is 1. The van der Waals surface area contributed by atoms with Gasteiger partial charge in [0.1, 0.15) is 0 Å². The van der Waals surface area contributed by atoms with Crippen LogP contribution in [0.3, 0.4) is 0 Å². The molecule has 1 fully saturated rings. The largest absolute Gasteiger partial charge is 0.337 e. The van der Waals surface area contributed by atoms with Crippen molar-refractivity contribution in [2.75, 3.05) is 12.3 Å². The van der Waals surface area contributed by atoms with Gasteiger partial charge in [0.2, 0.25) is 5.91 Å². The number of nitrogens with zero attached hydrogens (tertiary/aromatic N) is 3. The van der Waals surface area contributed by atoms with Crippen molar-refractivity contribution in [3.8, 4) is 0 Å². The zero-order valence-corrected chi connectivity index (χ0v) is 16.3. The first kappa shape index (κ1) is 17.5. The standard InChI is InChI=1S/C22H21N3O2S/c26-20(24-12-11-15-5-1-2-6-16(15)13-24)14-28-22-23-19-8-4-3-7-18(19)21(27)25(22)17-9-10-17/h1-8,17H,9-14H2. The van der Waals surface area contributed by atoms with E-state index < -0.39 is 0 Å². The first-order valence-corrected chi connectivity index (χ1v) is 10.7. The Bertz CT molecular complexity index is 1120. The van der Waals surface area contributed by atoms with Crippen LogP contribution in [-0.4, -0.2) is 32.7 Å². The average Bonchev–Trinajstić information content (AvgIpc) is 3.56. The number of carbonyl (C=O) groups is 1. The van der Waals surface area contributed by atoms with Crippen LogP contribution in [0.2, 0.25) is 0 Å². The molecule has 5 nitrogen and oxygen atoms in total. The molecule has 0 radical (unpaired) electrons. The second-order valence-electron chi connectivity index (χ2n) is 7.44. The lowest BCUT2D eigenvalue weighted by Crippen LogP contribution is -2.37. The molecule has 1 aromatic heterocycles. The third kappa shape index (κ3) is 3.22. The molecule has 2 heterocycles. The van der Waals surface area contributed by atoms with Crippen LogP contribution in [0.15, 0.2) is 58.5 Å². The lowest BCUT2D eigenvalue weighted by molar-refractivity contribution is -0.129. The lowest BCUT2D eigenvalue weighted by atomic mass is 10.00. The zero-order valence-electron chi connectivity index (χ0n) is 15.5. The van der Waals surface area contributed by atoms with Gasteiger partial charge in [-0.3, -0.25) is 14.2 Å². The van der Waals surface area contributed by atoms with Crippen LogP contribution >= 0.6 is 11.8 Å². The first-order chi connectivity index (χ1) is 13.7. The Morgan fingerprint density at radius 1 is 1.07 bits per heavy atom. The van der Waals surface area contributed by atoms with E-state index in [0.717, 1.165) is 25.8 Å². The van der Waals surface area contributed by atoms with Crippen molar-refractivity contribution in [2.45, 2.75) is 37.0 Å². The molecule has 0 atom stereocenters. The molecule has 0 spiro atoms. The molecule has 6 heteroatoms. The van der Waals surface area contributed by atoms with Gasteiger partial charge in [-0.15, -0.1) is 0 Å². The van der Waals surface area contributed by atoms with Gasteiger partial charge in [0.05, 0.1) is 16.7 Å². The molecule has 1 amide bonds. The van der Waals surface area contributed by atoms with Crippen LogP contribution in [0.25, 0.3) is 10.9 Å². The van der Waals surface area contributed by atoms with E-state index in [9.17, 15) is 9.59 Å². The first-order valence-electron chi connectivity index (χ1n) is 9.69. The number of benzene rings is 2. The molecular weight excluding hydrogens is 370 g/mol. The Morgan fingerprint density at radius 3 is 2.64 bits per heavy atom. The highest BCUT2D eigenvalue weighted by atomic mass is 32.2. The van der Waals surface area contributed by atoms with E-state index in [1.165, 1.54) is 22.9 Å². The van der Waals surface area contributed by atoms with Crippen molar-refractivity contribution >= 4 is 28.6 Å². The minimum absolute atomic E-state index is 0.00921. The van der Waals surface area contributed by atoms with E-state index in [4.69, 9.17) is 4.98 Å². The van der Waals surface area contributed by atoms with Gasteiger partial charge in [-0.2, -0.15) is 0 Å².